The zero-order chi connectivity index (χ0) is 11.5. The van der Waals surface area contributed by atoms with Crippen molar-refractivity contribution in [3.05, 3.63) is 58.6 Å². The van der Waals surface area contributed by atoms with Gasteiger partial charge in [0.15, 0.2) is 5.78 Å². The van der Waals surface area contributed by atoms with Crippen LogP contribution >= 0.6 is 11.6 Å². The third-order valence-corrected chi connectivity index (χ3v) is 2.26. The first kappa shape index (κ1) is 10.7. The first-order valence-electron chi connectivity index (χ1n) is 4.45. The summed E-state index contributed by atoms with van der Waals surface area (Å²) in [5.41, 5.74) is 0.258. The van der Waals surface area contributed by atoms with Crippen molar-refractivity contribution in [3.8, 4) is 0 Å². The highest BCUT2D eigenvalue weighted by Crippen LogP contribution is 2.17. The Morgan fingerprint density at radius 1 is 1.25 bits per heavy atom. The van der Waals surface area contributed by atoms with Crippen LogP contribution in [0.25, 0.3) is 0 Å². The highest BCUT2D eigenvalue weighted by atomic mass is 35.5. The zero-order valence-electron chi connectivity index (χ0n) is 8.02. The smallest absolute Gasteiger partial charge is 0.197 e. The maximum atomic E-state index is 13.4. The lowest BCUT2D eigenvalue weighted by Gasteiger charge is -2.02. The molecule has 1 heterocycles. The van der Waals surface area contributed by atoms with Gasteiger partial charge in [-0.05, 0) is 24.3 Å². The molecule has 0 fully saturated rings. The van der Waals surface area contributed by atoms with Crippen LogP contribution in [-0.2, 0) is 0 Å². The maximum absolute atomic E-state index is 13.4. The number of carbonyl (C=O) groups is 1. The number of hydrogen-bond acceptors (Lipinski definition) is 3. The number of ketones is 1. The molecule has 3 nitrogen and oxygen atoms in total. The second-order valence-electron chi connectivity index (χ2n) is 3.08. The van der Waals surface area contributed by atoms with Crippen LogP contribution in [0.4, 0.5) is 4.39 Å². The van der Waals surface area contributed by atoms with Crippen LogP contribution in [0.3, 0.4) is 0 Å². The number of nitrogens with zero attached hydrogens (tertiary/aromatic N) is 2. The molecule has 1 aromatic heterocycles. The molecule has 0 saturated heterocycles. The van der Waals surface area contributed by atoms with Crippen molar-refractivity contribution < 1.29 is 9.18 Å². The Hall–Kier alpha value is -1.81. The summed E-state index contributed by atoms with van der Waals surface area (Å²) in [5.74, 6) is -1.08. The van der Waals surface area contributed by atoms with Gasteiger partial charge in [-0.1, -0.05) is 11.6 Å². The molecule has 0 bridgehead atoms. The standard InChI is InChI=1S/C11H6ClFN2O/c12-8-1-2-9(10(13)5-8)11(16)7-3-4-14-15-6-7/h1-6H. The van der Waals surface area contributed by atoms with E-state index in [4.69, 9.17) is 11.6 Å². The fourth-order valence-electron chi connectivity index (χ4n) is 1.25. The van der Waals surface area contributed by atoms with Crippen LogP contribution in [0.5, 0.6) is 0 Å². The average molecular weight is 237 g/mol. The molecule has 0 atom stereocenters. The lowest BCUT2D eigenvalue weighted by molar-refractivity contribution is 0.103. The van der Waals surface area contributed by atoms with Crippen LogP contribution in [0.15, 0.2) is 36.7 Å². The highest BCUT2D eigenvalue weighted by Gasteiger charge is 2.14. The van der Waals surface area contributed by atoms with Crippen LogP contribution in [0.2, 0.25) is 5.02 Å². The van der Waals surface area contributed by atoms with E-state index in [0.29, 0.717) is 0 Å². The summed E-state index contributed by atoms with van der Waals surface area (Å²) in [6.07, 6.45) is 2.66. The van der Waals surface area contributed by atoms with E-state index in [1.54, 1.807) is 0 Å². The van der Waals surface area contributed by atoms with E-state index in [1.165, 1.54) is 30.6 Å². The number of carbonyl (C=O) groups excluding carboxylic acids is 1. The normalized spacial score (nSPS) is 10.1. The van der Waals surface area contributed by atoms with Gasteiger partial charge in [0.05, 0.1) is 18.0 Å². The Balaban J connectivity index is 2.42. The number of aromatic nitrogens is 2. The van der Waals surface area contributed by atoms with E-state index < -0.39 is 11.6 Å². The van der Waals surface area contributed by atoms with Crippen molar-refractivity contribution >= 4 is 17.4 Å². The van der Waals surface area contributed by atoms with E-state index in [-0.39, 0.29) is 16.1 Å². The summed E-state index contributed by atoms with van der Waals surface area (Å²) in [7, 11) is 0. The van der Waals surface area contributed by atoms with Gasteiger partial charge in [0.1, 0.15) is 5.82 Å². The van der Waals surface area contributed by atoms with E-state index in [1.807, 2.05) is 0 Å². The van der Waals surface area contributed by atoms with E-state index >= 15 is 0 Å². The largest absolute Gasteiger partial charge is 0.288 e. The molecule has 5 heteroatoms. The van der Waals surface area contributed by atoms with Gasteiger partial charge >= 0.3 is 0 Å². The van der Waals surface area contributed by atoms with Gasteiger partial charge in [-0.2, -0.15) is 10.2 Å². The zero-order valence-corrected chi connectivity index (χ0v) is 8.78. The van der Waals surface area contributed by atoms with Crippen molar-refractivity contribution in [2.24, 2.45) is 0 Å². The molecule has 0 unspecified atom stereocenters. The Morgan fingerprint density at radius 3 is 2.69 bits per heavy atom. The number of rotatable bonds is 2. The topological polar surface area (TPSA) is 42.9 Å². The van der Waals surface area contributed by atoms with Crippen LogP contribution < -0.4 is 0 Å². The van der Waals surface area contributed by atoms with Gasteiger partial charge in [0.2, 0.25) is 0 Å². The Morgan fingerprint density at radius 2 is 2.06 bits per heavy atom. The average Bonchev–Trinajstić information content (AvgIpc) is 2.29. The summed E-state index contributed by atoms with van der Waals surface area (Å²) < 4.78 is 13.4. The SMILES string of the molecule is O=C(c1ccnnc1)c1ccc(Cl)cc1F. The maximum Gasteiger partial charge on any atom is 0.197 e. The van der Waals surface area contributed by atoms with E-state index in [0.717, 1.165) is 6.07 Å². The van der Waals surface area contributed by atoms with Crippen molar-refractivity contribution in [2.45, 2.75) is 0 Å². The summed E-state index contributed by atoms with van der Waals surface area (Å²) in [5, 5.41) is 7.35. The number of hydrogen-bond donors (Lipinski definition) is 0. The molecule has 0 aliphatic rings. The molecule has 0 aliphatic heterocycles. The van der Waals surface area contributed by atoms with E-state index in [2.05, 4.69) is 10.2 Å². The summed E-state index contributed by atoms with van der Waals surface area (Å²) >= 11 is 5.59. The minimum atomic E-state index is -0.644. The van der Waals surface area contributed by atoms with Crippen LogP contribution in [0.1, 0.15) is 15.9 Å². The van der Waals surface area contributed by atoms with Crippen molar-refractivity contribution in [1.82, 2.24) is 10.2 Å². The van der Waals surface area contributed by atoms with Crippen molar-refractivity contribution in [3.63, 3.8) is 0 Å². The van der Waals surface area contributed by atoms with Gasteiger partial charge < -0.3 is 0 Å². The molecule has 1 aromatic carbocycles. The molecule has 0 amide bonds. The molecule has 16 heavy (non-hydrogen) atoms. The van der Waals surface area contributed by atoms with Gasteiger partial charge in [-0.15, -0.1) is 0 Å². The highest BCUT2D eigenvalue weighted by molar-refractivity contribution is 6.30. The third kappa shape index (κ3) is 2.06. The van der Waals surface area contributed by atoms with Crippen LogP contribution in [0, 0.1) is 5.82 Å². The van der Waals surface area contributed by atoms with Gasteiger partial charge in [0.25, 0.3) is 0 Å². The predicted octanol–water partition coefficient (Wildman–Crippen LogP) is 2.50. The molecule has 80 valence electrons. The molecule has 0 spiro atoms. The Kier molecular flexibility index (Phi) is 2.92. The Bertz CT molecular complexity index is 531. The fraction of sp³-hybridized carbons (Fsp3) is 0. The molecule has 0 N–H and O–H groups in total. The molecule has 2 rings (SSSR count). The lowest BCUT2D eigenvalue weighted by atomic mass is 10.1. The molecule has 0 aliphatic carbocycles. The van der Waals surface area contributed by atoms with Gasteiger partial charge in [-0.25, -0.2) is 4.39 Å². The number of halogens is 2. The third-order valence-electron chi connectivity index (χ3n) is 2.02. The summed E-state index contributed by atoms with van der Waals surface area (Å²) in [6, 6.07) is 5.39. The molecule has 0 radical (unpaired) electrons. The summed E-state index contributed by atoms with van der Waals surface area (Å²) in [4.78, 5) is 11.8. The quantitative estimate of drug-likeness (QED) is 0.753. The first-order valence-corrected chi connectivity index (χ1v) is 4.83. The first-order chi connectivity index (χ1) is 7.68. The minimum Gasteiger partial charge on any atom is -0.288 e. The minimum absolute atomic E-state index is 0.0302. The molecule has 0 saturated carbocycles. The Labute approximate surface area is 95.9 Å². The van der Waals surface area contributed by atoms with E-state index in [9.17, 15) is 9.18 Å². The van der Waals surface area contributed by atoms with Gasteiger partial charge in [-0.3, -0.25) is 4.79 Å². The lowest BCUT2D eigenvalue weighted by Crippen LogP contribution is -2.04. The van der Waals surface area contributed by atoms with Crippen molar-refractivity contribution in [1.29, 1.82) is 0 Å². The molecule has 2 aromatic rings. The van der Waals surface area contributed by atoms with Gasteiger partial charge in [0, 0.05) is 10.6 Å². The van der Waals surface area contributed by atoms with Crippen LogP contribution in [-0.4, -0.2) is 16.0 Å². The summed E-state index contributed by atoms with van der Waals surface area (Å²) in [6.45, 7) is 0. The second-order valence-corrected chi connectivity index (χ2v) is 3.52. The fourth-order valence-corrected chi connectivity index (χ4v) is 1.41. The second kappa shape index (κ2) is 4.37. The molecular formula is C11H6ClFN2O. The predicted molar refractivity (Wildman–Crippen MR) is 56.9 cm³/mol. The number of benzene rings is 1. The molecular weight excluding hydrogens is 231 g/mol. The monoisotopic (exact) mass is 236 g/mol. The van der Waals surface area contributed by atoms with Crippen molar-refractivity contribution in [2.75, 3.05) is 0 Å².